The number of guanidine groups is 1. The minimum Gasteiger partial charge on any atom is -0.475 e. The fourth-order valence-electron chi connectivity index (χ4n) is 2.29. The van der Waals surface area contributed by atoms with Gasteiger partial charge in [0.25, 0.3) is 0 Å². The van der Waals surface area contributed by atoms with Crippen molar-refractivity contribution in [3.05, 3.63) is 23.4 Å². The Labute approximate surface area is 177 Å². The SMILES string of the molecule is CCNC(=NCCCOC1CCOC1)NCCOc1ncccc1Cl.I. The first-order valence-corrected chi connectivity index (χ1v) is 9.12. The predicted molar refractivity (Wildman–Crippen MR) is 114 cm³/mol. The number of aromatic nitrogens is 1. The van der Waals surface area contributed by atoms with Crippen molar-refractivity contribution >= 4 is 41.5 Å². The molecule has 1 unspecified atom stereocenters. The lowest BCUT2D eigenvalue weighted by Crippen LogP contribution is -2.39. The van der Waals surface area contributed by atoms with Crippen LogP contribution in [0, 0.1) is 0 Å². The van der Waals surface area contributed by atoms with E-state index in [0.29, 0.717) is 43.8 Å². The average molecular weight is 499 g/mol. The number of rotatable bonds is 10. The van der Waals surface area contributed by atoms with Crippen molar-refractivity contribution in [3.8, 4) is 5.88 Å². The van der Waals surface area contributed by atoms with Gasteiger partial charge in [0.15, 0.2) is 5.96 Å². The number of aliphatic imine (C=N–C) groups is 1. The highest BCUT2D eigenvalue weighted by Gasteiger charge is 2.15. The van der Waals surface area contributed by atoms with Crippen LogP contribution < -0.4 is 15.4 Å². The van der Waals surface area contributed by atoms with Crippen LogP contribution in [-0.2, 0) is 9.47 Å². The van der Waals surface area contributed by atoms with Crippen molar-refractivity contribution in [1.82, 2.24) is 15.6 Å². The standard InChI is InChI=1S/C17H27ClN4O3.HI/c1-2-19-17(21-8-4-10-24-14-6-11-23-13-14)22-9-12-25-16-15(18)5-3-7-20-16;/h3,5,7,14H,2,4,6,8-13H2,1H3,(H2,19,21,22);1H. The molecule has 0 radical (unpaired) electrons. The molecule has 1 saturated heterocycles. The van der Waals surface area contributed by atoms with Crippen molar-refractivity contribution in [2.75, 3.05) is 46.1 Å². The lowest BCUT2D eigenvalue weighted by molar-refractivity contribution is 0.0424. The lowest BCUT2D eigenvalue weighted by Gasteiger charge is -2.12. The van der Waals surface area contributed by atoms with Gasteiger partial charge in [-0.25, -0.2) is 4.98 Å². The Hall–Kier alpha value is -0.840. The molecule has 2 rings (SSSR count). The molecule has 26 heavy (non-hydrogen) atoms. The van der Waals surface area contributed by atoms with Crippen LogP contribution in [0.15, 0.2) is 23.3 Å². The van der Waals surface area contributed by atoms with Crippen molar-refractivity contribution in [3.63, 3.8) is 0 Å². The van der Waals surface area contributed by atoms with Crippen LogP contribution in [0.4, 0.5) is 0 Å². The van der Waals surface area contributed by atoms with E-state index in [-0.39, 0.29) is 30.1 Å². The van der Waals surface area contributed by atoms with Gasteiger partial charge < -0.3 is 24.8 Å². The van der Waals surface area contributed by atoms with Gasteiger partial charge in [0.1, 0.15) is 11.6 Å². The quantitative estimate of drug-likeness (QED) is 0.223. The van der Waals surface area contributed by atoms with Crippen LogP contribution in [0.1, 0.15) is 19.8 Å². The van der Waals surface area contributed by atoms with Crippen LogP contribution in [0.3, 0.4) is 0 Å². The highest BCUT2D eigenvalue weighted by atomic mass is 127. The van der Waals surface area contributed by atoms with Crippen LogP contribution in [-0.4, -0.2) is 63.1 Å². The van der Waals surface area contributed by atoms with Gasteiger partial charge in [-0.15, -0.1) is 24.0 Å². The fourth-order valence-corrected chi connectivity index (χ4v) is 2.46. The van der Waals surface area contributed by atoms with E-state index in [2.05, 4.69) is 20.6 Å². The Kier molecular flexibility index (Phi) is 12.7. The summed E-state index contributed by atoms with van der Waals surface area (Å²) in [5, 5.41) is 6.94. The van der Waals surface area contributed by atoms with Gasteiger partial charge in [0.2, 0.25) is 5.88 Å². The third-order valence-electron chi connectivity index (χ3n) is 3.52. The zero-order chi connectivity index (χ0) is 17.7. The van der Waals surface area contributed by atoms with Gasteiger partial charge in [0, 0.05) is 32.5 Å². The summed E-state index contributed by atoms with van der Waals surface area (Å²) in [6.45, 7) is 6.82. The van der Waals surface area contributed by atoms with Crippen molar-refractivity contribution < 1.29 is 14.2 Å². The molecule has 0 saturated carbocycles. The summed E-state index contributed by atoms with van der Waals surface area (Å²) in [4.78, 5) is 8.61. The molecule has 148 valence electrons. The molecule has 1 fully saturated rings. The van der Waals surface area contributed by atoms with E-state index in [1.54, 1.807) is 18.3 Å². The highest BCUT2D eigenvalue weighted by molar-refractivity contribution is 14.0. The van der Waals surface area contributed by atoms with Crippen LogP contribution in [0.2, 0.25) is 5.02 Å². The molecule has 1 aliphatic heterocycles. The molecule has 7 nitrogen and oxygen atoms in total. The number of nitrogens with zero attached hydrogens (tertiary/aromatic N) is 2. The first-order valence-electron chi connectivity index (χ1n) is 8.74. The van der Waals surface area contributed by atoms with Gasteiger partial charge in [-0.2, -0.15) is 0 Å². The van der Waals surface area contributed by atoms with Gasteiger partial charge in [-0.3, -0.25) is 4.99 Å². The molecule has 1 aliphatic rings. The molecule has 1 atom stereocenters. The monoisotopic (exact) mass is 498 g/mol. The van der Waals surface area contributed by atoms with E-state index in [1.807, 2.05) is 6.92 Å². The minimum absolute atomic E-state index is 0. The maximum atomic E-state index is 6.00. The molecule has 1 aromatic rings. The number of ether oxygens (including phenoxy) is 3. The molecular formula is C17H28ClIN4O3. The van der Waals surface area contributed by atoms with E-state index in [1.165, 1.54) is 0 Å². The van der Waals surface area contributed by atoms with Gasteiger partial charge >= 0.3 is 0 Å². The molecule has 0 aromatic carbocycles. The van der Waals surface area contributed by atoms with Crippen molar-refractivity contribution in [1.29, 1.82) is 0 Å². The van der Waals surface area contributed by atoms with E-state index in [0.717, 1.165) is 32.0 Å². The largest absolute Gasteiger partial charge is 0.475 e. The van der Waals surface area contributed by atoms with Crippen LogP contribution in [0.25, 0.3) is 0 Å². The number of hydrogen-bond acceptors (Lipinski definition) is 5. The van der Waals surface area contributed by atoms with Crippen LogP contribution in [0.5, 0.6) is 5.88 Å². The molecule has 9 heteroatoms. The van der Waals surface area contributed by atoms with Crippen molar-refractivity contribution in [2.45, 2.75) is 25.9 Å². The van der Waals surface area contributed by atoms with E-state index in [9.17, 15) is 0 Å². The summed E-state index contributed by atoms with van der Waals surface area (Å²) in [7, 11) is 0. The second-order valence-electron chi connectivity index (χ2n) is 5.54. The summed E-state index contributed by atoms with van der Waals surface area (Å²) < 4.78 is 16.6. The first kappa shape index (κ1) is 23.2. The topological polar surface area (TPSA) is 77.0 Å². The second kappa shape index (κ2) is 14.2. The maximum absolute atomic E-state index is 6.00. The molecule has 0 bridgehead atoms. The van der Waals surface area contributed by atoms with Gasteiger partial charge in [0.05, 0.1) is 19.3 Å². The normalized spacial score (nSPS) is 16.8. The number of hydrogen-bond donors (Lipinski definition) is 2. The maximum Gasteiger partial charge on any atom is 0.232 e. The molecule has 0 aliphatic carbocycles. The van der Waals surface area contributed by atoms with E-state index >= 15 is 0 Å². The summed E-state index contributed by atoms with van der Waals surface area (Å²) in [6, 6.07) is 3.52. The second-order valence-corrected chi connectivity index (χ2v) is 5.94. The average Bonchev–Trinajstić information content (AvgIpc) is 3.13. The summed E-state index contributed by atoms with van der Waals surface area (Å²) >= 11 is 6.00. The van der Waals surface area contributed by atoms with E-state index in [4.69, 9.17) is 25.8 Å². The lowest BCUT2D eigenvalue weighted by atomic mass is 10.3. The summed E-state index contributed by atoms with van der Waals surface area (Å²) in [5.41, 5.74) is 0. The zero-order valence-electron chi connectivity index (χ0n) is 15.1. The number of nitrogens with one attached hydrogen (secondary N) is 2. The Morgan fingerprint density at radius 2 is 2.31 bits per heavy atom. The predicted octanol–water partition coefficient (Wildman–Crippen LogP) is 2.48. The third-order valence-corrected chi connectivity index (χ3v) is 3.80. The van der Waals surface area contributed by atoms with Crippen molar-refractivity contribution in [2.24, 2.45) is 4.99 Å². The first-order chi connectivity index (χ1) is 12.3. The number of halogens is 2. The summed E-state index contributed by atoms with van der Waals surface area (Å²) in [6.07, 6.45) is 3.78. The Morgan fingerprint density at radius 1 is 1.42 bits per heavy atom. The molecule has 2 heterocycles. The molecule has 0 amide bonds. The highest BCUT2D eigenvalue weighted by Crippen LogP contribution is 2.19. The third kappa shape index (κ3) is 9.20. The molecule has 1 aromatic heterocycles. The fraction of sp³-hybridized carbons (Fsp3) is 0.647. The Morgan fingerprint density at radius 3 is 3.04 bits per heavy atom. The molecular weight excluding hydrogens is 471 g/mol. The molecule has 2 N–H and O–H groups in total. The molecule has 0 spiro atoms. The van der Waals surface area contributed by atoms with E-state index < -0.39 is 0 Å². The van der Waals surface area contributed by atoms with Crippen LogP contribution >= 0.6 is 35.6 Å². The summed E-state index contributed by atoms with van der Waals surface area (Å²) in [5.74, 6) is 1.21. The van der Waals surface area contributed by atoms with Gasteiger partial charge in [-0.1, -0.05) is 11.6 Å². The zero-order valence-corrected chi connectivity index (χ0v) is 18.2. The minimum atomic E-state index is 0. The Balaban J connectivity index is 0.00000338. The Bertz CT molecular complexity index is 530. The smallest absolute Gasteiger partial charge is 0.232 e. The number of pyridine rings is 1. The van der Waals surface area contributed by atoms with Gasteiger partial charge in [-0.05, 0) is 31.9 Å².